The Hall–Kier alpha value is -1.34. The average molecular weight is 275 g/mol. The van der Waals surface area contributed by atoms with Crippen molar-refractivity contribution in [2.24, 2.45) is 0 Å². The zero-order valence-electron chi connectivity index (χ0n) is 7.45. The molecule has 1 atom stereocenters. The first-order chi connectivity index (χ1) is 7.16. The molecule has 1 saturated heterocycles. The van der Waals surface area contributed by atoms with E-state index in [1.54, 1.807) is 6.07 Å². The van der Waals surface area contributed by atoms with E-state index in [0.717, 1.165) is 0 Å². The lowest BCUT2D eigenvalue weighted by atomic mass is 10.3. The Morgan fingerprint density at radius 2 is 2.40 bits per heavy atom. The van der Waals surface area contributed by atoms with Crippen LogP contribution in [0.5, 0.6) is 0 Å². The second kappa shape index (κ2) is 4.03. The summed E-state index contributed by atoms with van der Waals surface area (Å²) in [6.07, 6.45) is 0. The van der Waals surface area contributed by atoms with E-state index < -0.39 is 11.9 Å². The molecule has 1 aliphatic heterocycles. The van der Waals surface area contributed by atoms with Gasteiger partial charge in [-0.25, -0.2) is 5.48 Å². The van der Waals surface area contributed by atoms with E-state index in [-0.39, 0.29) is 18.3 Å². The third kappa shape index (κ3) is 2.18. The molecular formula is C8H7BrN2O4. The lowest BCUT2D eigenvalue weighted by molar-refractivity contribution is -0.125. The van der Waals surface area contributed by atoms with Gasteiger partial charge in [0.25, 0.3) is 11.8 Å². The molecule has 1 aliphatic rings. The van der Waals surface area contributed by atoms with Crippen LogP contribution in [0.2, 0.25) is 0 Å². The van der Waals surface area contributed by atoms with E-state index in [2.05, 4.69) is 31.6 Å². The monoisotopic (exact) mass is 274 g/mol. The Morgan fingerprint density at radius 3 is 2.93 bits per heavy atom. The van der Waals surface area contributed by atoms with E-state index in [9.17, 15) is 9.59 Å². The summed E-state index contributed by atoms with van der Waals surface area (Å²) in [7, 11) is 0. The van der Waals surface area contributed by atoms with Gasteiger partial charge in [-0.3, -0.25) is 14.4 Å². The molecule has 2 amide bonds. The zero-order valence-corrected chi connectivity index (χ0v) is 9.04. The van der Waals surface area contributed by atoms with Gasteiger partial charge in [-0.2, -0.15) is 0 Å². The highest BCUT2D eigenvalue weighted by atomic mass is 79.9. The van der Waals surface area contributed by atoms with Gasteiger partial charge in [-0.05, 0) is 28.1 Å². The molecule has 1 aromatic heterocycles. The minimum Gasteiger partial charge on any atom is -0.444 e. The topological polar surface area (TPSA) is 80.6 Å². The number of rotatable bonds is 2. The van der Waals surface area contributed by atoms with Crippen molar-refractivity contribution in [3.05, 3.63) is 22.6 Å². The van der Waals surface area contributed by atoms with Gasteiger partial charge in [0.15, 0.2) is 10.4 Å². The molecule has 1 aromatic rings. The van der Waals surface area contributed by atoms with Crippen molar-refractivity contribution in [1.29, 1.82) is 0 Å². The Morgan fingerprint density at radius 1 is 1.60 bits per heavy atom. The van der Waals surface area contributed by atoms with Gasteiger partial charge in [-0.1, -0.05) is 0 Å². The van der Waals surface area contributed by atoms with Crippen LogP contribution in [-0.4, -0.2) is 24.5 Å². The molecule has 6 nitrogen and oxygen atoms in total. The van der Waals surface area contributed by atoms with Crippen LogP contribution in [-0.2, 0) is 9.63 Å². The molecular weight excluding hydrogens is 268 g/mol. The Labute approximate surface area is 93.0 Å². The average Bonchev–Trinajstić information content (AvgIpc) is 2.77. The van der Waals surface area contributed by atoms with Crippen LogP contribution in [0.3, 0.4) is 0 Å². The van der Waals surface area contributed by atoms with Crippen LogP contribution >= 0.6 is 15.9 Å². The normalized spacial score (nSPS) is 20.1. The Bertz CT molecular complexity index is 403. The second-order valence-corrected chi connectivity index (χ2v) is 3.69. The Balaban J connectivity index is 2.00. The predicted octanol–water partition coefficient (Wildman–Crippen LogP) is 0.202. The summed E-state index contributed by atoms with van der Waals surface area (Å²) in [5.74, 6) is -0.679. The molecule has 7 heteroatoms. The number of hydrogen-bond acceptors (Lipinski definition) is 4. The molecule has 0 aromatic carbocycles. The van der Waals surface area contributed by atoms with E-state index in [0.29, 0.717) is 4.67 Å². The van der Waals surface area contributed by atoms with Crippen LogP contribution in [0.25, 0.3) is 0 Å². The maximum atomic E-state index is 11.5. The standard InChI is InChI=1S/C8H7BrN2O4/c9-6-2-1-5(15-6)8(13)10-4-3-14-11-7(4)12/h1-2,4H,3H2,(H,10,13)(H,11,12). The number of amides is 2. The number of carbonyl (C=O) groups excluding carboxylic acids is 2. The molecule has 0 aliphatic carbocycles. The quantitative estimate of drug-likeness (QED) is 0.808. The van der Waals surface area contributed by atoms with Gasteiger partial charge in [0.2, 0.25) is 0 Å². The number of halogens is 1. The van der Waals surface area contributed by atoms with E-state index in [1.807, 2.05) is 0 Å². The highest BCUT2D eigenvalue weighted by Gasteiger charge is 2.28. The van der Waals surface area contributed by atoms with Gasteiger partial charge in [0.05, 0.1) is 0 Å². The molecule has 2 heterocycles. The van der Waals surface area contributed by atoms with E-state index >= 15 is 0 Å². The molecule has 1 unspecified atom stereocenters. The molecule has 0 radical (unpaired) electrons. The fourth-order valence-corrected chi connectivity index (χ4v) is 1.42. The number of carbonyl (C=O) groups is 2. The third-order valence-corrected chi connectivity index (χ3v) is 2.27. The maximum absolute atomic E-state index is 11.5. The summed E-state index contributed by atoms with van der Waals surface area (Å²) in [6.45, 7) is 0.118. The van der Waals surface area contributed by atoms with Crippen molar-refractivity contribution in [3.63, 3.8) is 0 Å². The minimum absolute atomic E-state index is 0.118. The molecule has 0 spiro atoms. The van der Waals surface area contributed by atoms with Crippen molar-refractivity contribution >= 4 is 27.7 Å². The van der Waals surface area contributed by atoms with Gasteiger partial charge >= 0.3 is 0 Å². The summed E-state index contributed by atoms with van der Waals surface area (Å²) >= 11 is 3.07. The zero-order chi connectivity index (χ0) is 10.8. The van der Waals surface area contributed by atoms with Gasteiger partial charge < -0.3 is 9.73 Å². The van der Waals surface area contributed by atoms with Crippen molar-refractivity contribution in [2.45, 2.75) is 6.04 Å². The number of nitrogens with one attached hydrogen (secondary N) is 2. The first-order valence-electron chi connectivity index (χ1n) is 4.14. The second-order valence-electron chi connectivity index (χ2n) is 2.91. The highest BCUT2D eigenvalue weighted by Crippen LogP contribution is 2.14. The lowest BCUT2D eigenvalue weighted by Crippen LogP contribution is -2.41. The summed E-state index contributed by atoms with van der Waals surface area (Å²) in [5, 5.41) is 2.47. The third-order valence-electron chi connectivity index (χ3n) is 1.84. The van der Waals surface area contributed by atoms with Gasteiger partial charge in [0, 0.05) is 0 Å². The molecule has 2 rings (SSSR count). The molecule has 80 valence electrons. The maximum Gasteiger partial charge on any atom is 0.287 e. The predicted molar refractivity (Wildman–Crippen MR) is 51.8 cm³/mol. The van der Waals surface area contributed by atoms with Crippen molar-refractivity contribution < 1.29 is 18.8 Å². The summed E-state index contributed by atoms with van der Waals surface area (Å²) < 4.78 is 5.48. The number of furan rings is 1. The number of hydroxylamine groups is 1. The fourth-order valence-electron chi connectivity index (χ4n) is 1.12. The van der Waals surface area contributed by atoms with Crippen LogP contribution in [0.4, 0.5) is 0 Å². The van der Waals surface area contributed by atoms with Crippen molar-refractivity contribution in [2.75, 3.05) is 6.61 Å². The van der Waals surface area contributed by atoms with Crippen LogP contribution in [0.1, 0.15) is 10.6 Å². The SMILES string of the molecule is O=C(NC1CONC1=O)c1ccc(Br)o1. The fraction of sp³-hybridized carbons (Fsp3) is 0.250. The molecule has 0 bridgehead atoms. The van der Waals surface area contributed by atoms with Crippen molar-refractivity contribution in [1.82, 2.24) is 10.8 Å². The summed E-state index contributed by atoms with van der Waals surface area (Å²) in [5.41, 5.74) is 2.14. The lowest BCUT2D eigenvalue weighted by Gasteiger charge is -2.05. The van der Waals surface area contributed by atoms with Gasteiger partial charge in [0.1, 0.15) is 12.6 Å². The van der Waals surface area contributed by atoms with Crippen LogP contribution < -0.4 is 10.8 Å². The smallest absolute Gasteiger partial charge is 0.287 e. The minimum atomic E-state index is -0.665. The van der Waals surface area contributed by atoms with Crippen LogP contribution in [0, 0.1) is 0 Å². The summed E-state index contributed by atoms with van der Waals surface area (Å²) in [6, 6.07) is 2.44. The molecule has 1 fully saturated rings. The number of hydrogen-bond donors (Lipinski definition) is 2. The highest BCUT2D eigenvalue weighted by molar-refractivity contribution is 9.10. The van der Waals surface area contributed by atoms with E-state index in [1.165, 1.54) is 6.07 Å². The summed E-state index contributed by atoms with van der Waals surface area (Å²) in [4.78, 5) is 27.2. The molecule has 0 saturated carbocycles. The van der Waals surface area contributed by atoms with E-state index in [4.69, 9.17) is 4.42 Å². The molecule has 2 N–H and O–H groups in total. The molecule has 15 heavy (non-hydrogen) atoms. The van der Waals surface area contributed by atoms with Crippen LogP contribution in [0.15, 0.2) is 21.2 Å². The first-order valence-corrected chi connectivity index (χ1v) is 4.94. The largest absolute Gasteiger partial charge is 0.444 e. The Kier molecular flexibility index (Phi) is 2.74. The van der Waals surface area contributed by atoms with Gasteiger partial charge in [-0.15, -0.1) is 0 Å². The first kappa shape index (κ1) is 10.2. The van der Waals surface area contributed by atoms with Crippen molar-refractivity contribution in [3.8, 4) is 0 Å².